The summed E-state index contributed by atoms with van der Waals surface area (Å²) < 4.78 is 27.4. The predicted molar refractivity (Wildman–Crippen MR) is 100 cm³/mol. The summed E-state index contributed by atoms with van der Waals surface area (Å²) in [6.45, 7) is 2.57. The quantitative estimate of drug-likeness (QED) is 0.769. The third-order valence-electron chi connectivity index (χ3n) is 5.03. The van der Waals surface area contributed by atoms with E-state index in [2.05, 4.69) is 28.9 Å². The molecule has 0 radical (unpaired) electrons. The standard InChI is InChI=1S/C17H19F2N3.2CH2O2/c1-21(2)7-12-13-8-22(9-14(12)13)16-3-4-20-17-11(16)5-10(18)6-15(17)19;2*2-1-3/h3-6,12-14H,7-9H2,1-2H3;2*1H,(H,2,3)/t12?,13-,14+;;. The zero-order valence-corrected chi connectivity index (χ0v) is 15.6. The van der Waals surface area contributed by atoms with Gasteiger partial charge in [-0.1, -0.05) is 0 Å². The molecular formula is C19H23F2N3O4. The summed E-state index contributed by atoms with van der Waals surface area (Å²) >= 11 is 0. The molecule has 1 aliphatic carbocycles. The SMILES string of the molecule is CN(C)CC1[C@H]2CN(c3ccnc4c(F)cc(F)cc34)C[C@@H]12.O=CO.O=CO. The van der Waals surface area contributed by atoms with Gasteiger partial charge in [0.1, 0.15) is 11.3 Å². The Hall–Kier alpha value is -2.81. The molecule has 7 nitrogen and oxygen atoms in total. The molecule has 2 fully saturated rings. The van der Waals surface area contributed by atoms with Crippen molar-refractivity contribution in [3.8, 4) is 0 Å². The zero-order chi connectivity index (χ0) is 20.8. The molecule has 28 heavy (non-hydrogen) atoms. The van der Waals surface area contributed by atoms with Crippen LogP contribution < -0.4 is 4.90 Å². The van der Waals surface area contributed by atoms with Gasteiger partial charge in [0.25, 0.3) is 12.9 Å². The van der Waals surface area contributed by atoms with E-state index in [-0.39, 0.29) is 18.5 Å². The van der Waals surface area contributed by atoms with Crippen molar-refractivity contribution in [3.63, 3.8) is 0 Å². The van der Waals surface area contributed by atoms with E-state index in [0.29, 0.717) is 17.2 Å². The van der Waals surface area contributed by atoms with Gasteiger partial charge in [-0.25, -0.2) is 8.78 Å². The van der Waals surface area contributed by atoms with Crippen molar-refractivity contribution in [2.75, 3.05) is 38.6 Å². The summed E-state index contributed by atoms with van der Waals surface area (Å²) in [7, 11) is 4.21. The molecule has 2 aliphatic rings. The van der Waals surface area contributed by atoms with Crippen LogP contribution in [0.2, 0.25) is 0 Å². The lowest BCUT2D eigenvalue weighted by Gasteiger charge is -2.24. The van der Waals surface area contributed by atoms with Crippen LogP contribution in [0.4, 0.5) is 14.5 Å². The Bertz CT molecular complexity index is 816. The molecule has 1 unspecified atom stereocenters. The van der Waals surface area contributed by atoms with Gasteiger partial charge in [0, 0.05) is 43.0 Å². The van der Waals surface area contributed by atoms with Crippen LogP contribution in [0.5, 0.6) is 0 Å². The second-order valence-electron chi connectivity index (χ2n) is 6.98. The van der Waals surface area contributed by atoms with Gasteiger partial charge in [-0.2, -0.15) is 0 Å². The van der Waals surface area contributed by atoms with Crippen molar-refractivity contribution >= 4 is 29.5 Å². The molecule has 1 aliphatic heterocycles. The number of piperidine rings is 1. The molecule has 2 heterocycles. The van der Waals surface area contributed by atoms with Crippen molar-refractivity contribution < 1.29 is 28.6 Å². The largest absolute Gasteiger partial charge is 0.483 e. The van der Waals surface area contributed by atoms with Crippen molar-refractivity contribution in [3.05, 3.63) is 36.0 Å². The van der Waals surface area contributed by atoms with Crippen molar-refractivity contribution in [1.82, 2.24) is 9.88 Å². The van der Waals surface area contributed by atoms with Gasteiger partial charge in [0.2, 0.25) is 0 Å². The molecule has 0 spiro atoms. The second-order valence-corrected chi connectivity index (χ2v) is 6.98. The smallest absolute Gasteiger partial charge is 0.290 e. The van der Waals surface area contributed by atoms with Crippen molar-refractivity contribution in [1.29, 1.82) is 0 Å². The van der Waals surface area contributed by atoms with Crippen LogP contribution in [0, 0.1) is 29.4 Å². The first-order valence-corrected chi connectivity index (χ1v) is 8.67. The summed E-state index contributed by atoms with van der Waals surface area (Å²) in [5.74, 6) is 1.06. The number of nitrogens with zero attached hydrogens (tertiary/aromatic N) is 3. The molecule has 4 rings (SSSR count). The van der Waals surface area contributed by atoms with Crippen LogP contribution in [0.25, 0.3) is 10.9 Å². The first-order chi connectivity index (χ1) is 13.4. The summed E-state index contributed by atoms with van der Waals surface area (Å²) in [5.41, 5.74) is 1.16. The average molecular weight is 395 g/mol. The maximum Gasteiger partial charge on any atom is 0.290 e. The van der Waals surface area contributed by atoms with Crippen molar-refractivity contribution in [2.45, 2.75) is 0 Å². The molecule has 3 atom stereocenters. The third-order valence-corrected chi connectivity index (χ3v) is 5.03. The van der Waals surface area contributed by atoms with E-state index in [1.807, 2.05) is 6.07 Å². The fourth-order valence-electron chi connectivity index (χ4n) is 3.98. The number of benzene rings is 1. The molecule has 1 aromatic heterocycles. The first kappa shape index (κ1) is 21.5. The summed E-state index contributed by atoms with van der Waals surface area (Å²) in [4.78, 5) is 25.3. The highest BCUT2D eigenvalue weighted by Crippen LogP contribution is 2.53. The zero-order valence-electron chi connectivity index (χ0n) is 15.6. The van der Waals surface area contributed by atoms with Crippen molar-refractivity contribution in [2.24, 2.45) is 17.8 Å². The number of anilines is 1. The van der Waals surface area contributed by atoms with Gasteiger partial charge >= 0.3 is 0 Å². The van der Waals surface area contributed by atoms with E-state index in [4.69, 9.17) is 19.8 Å². The monoisotopic (exact) mass is 395 g/mol. The minimum absolute atomic E-state index is 0.250. The van der Waals surface area contributed by atoms with Gasteiger partial charge in [0.15, 0.2) is 5.82 Å². The molecule has 0 bridgehead atoms. The Morgan fingerprint density at radius 2 is 1.75 bits per heavy atom. The summed E-state index contributed by atoms with van der Waals surface area (Å²) in [6, 6.07) is 4.16. The highest BCUT2D eigenvalue weighted by Gasteiger charge is 2.55. The Balaban J connectivity index is 0.000000418. The van der Waals surface area contributed by atoms with Gasteiger partial charge < -0.3 is 20.0 Å². The predicted octanol–water partition coefficient (Wildman–Crippen LogP) is 2.16. The minimum atomic E-state index is -0.591. The van der Waals surface area contributed by atoms with Gasteiger partial charge in [0.05, 0.1) is 0 Å². The molecule has 152 valence electrons. The molecule has 1 saturated heterocycles. The van der Waals surface area contributed by atoms with E-state index < -0.39 is 11.6 Å². The Kier molecular flexibility index (Phi) is 7.22. The van der Waals surface area contributed by atoms with Gasteiger partial charge in [-0.05, 0) is 44.0 Å². The number of carboxylic acid groups (broad SMARTS) is 2. The highest BCUT2D eigenvalue weighted by molar-refractivity contribution is 5.92. The molecule has 0 amide bonds. The third kappa shape index (κ3) is 4.72. The van der Waals surface area contributed by atoms with E-state index in [9.17, 15) is 8.78 Å². The van der Waals surface area contributed by atoms with Crippen LogP contribution in [0.1, 0.15) is 0 Å². The summed E-state index contributed by atoms with van der Waals surface area (Å²) in [6.07, 6.45) is 1.61. The van der Waals surface area contributed by atoms with E-state index >= 15 is 0 Å². The number of halogens is 2. The number of pyridine rings is 1. The molecular weight excluding hydrogens is 372 g/mol. The molecule has 1 aromatic carbocycles. The second kappa shape index (κ2) is 9.41. The minimum Gasteiger partial charge on any atom is -0.483 e. The lowest BCUT2D eigenvalue weighted by Crippen LogP contribution is -2.27. The molecule has 2 aromatic rings. The van der Waals surface area contributed by atoms with E-state index in [1.165, 1.54) is 6.07 Å². The van der Waals surface area contributed by atoms with Gasteiger partial charge in [-0.15, -0.1) is 0 Å². The number of rotatable bonds is 3. The lowest BCUT2D eigenvalue weighted by atomic mass is 10.1. The van der Waals surface area contributed by atoms with Crippen LogP contribution in [-0.4, -0.2) is 66.8 Å². The van der Waals surface area contributed by atoms with E-state index in [0.717, 1.165) is 37.3 Å². The highest BCUT2D eigenvalue weighted by atomic mass is 19.1. The van der Waals surface area contributed by atoms with E-state index in [1.54, 1.807) is 6.20 Å². The lowest BCUT2D eigenvalue weighted by molar-refractivity contribution is -0.123. The number of carbonyl (C=O) groups is 2. The number of aromatic nitrogens is 1. The van der Waals surface area contributed by atoms with Crippen LogP contribution in [-0.2, 0) is 9.59 Å². The first-order valence-electron chi connectivity index (χ1n) is 8.67. The number of hydrogen-bond donors (Lipinski definition) is 2. The summed E-state index contributed by atoms with van der Waals surface area (Å²) in [5, 5.41) is 14.4. The maximum absolute atomic E-state index is 13.9. The Labute approximate surface area is 161 Å². The van der Waals surface area contributed by atoms with Crippen LogP contribution in [0.15, 0.2) is 24.4 Å². The van der Waals surface area contributed by atoms with Crippen LogP contribution >= 0.6 is 0 Å². The topological polar surface area (TPSA) is 94.0 Å². The maximum atomic E-state index is 13.9. The fourth-order valence-corrected chi connectivity index (χ4v) is 3.98. The Morgan fingerprint density at radius 3 is 2.29 bits per heavy atom. The molecule has 9 heteroatoms. The number of fused-ring (bicyclic) bond motifs is 2. The Morgan fingerprint density at radius 1 is 1.18 bits per heavy atom. The average Bonchev–Trinajstić information content (AvgIpc) is 3.05. The van der Waals surface area contributed by atoms with Crippen LogP contribution in [0.3, 0.4) is 0 Å². The number of hydrogen-bond acceptors (Lipinski definition) is 5. The molecule has 2 N–H and O–H groups in total. The normalized spacial score (nSPS) is 21.9. The molecule has 1 saturated carbocycles. The fraction of sp³-hybridized carbons (Fsp3) is 0.421. The van der Waals surface area contributed by atoms with Gasteiger partial charge in [-0.3, -0.25) is 14.6 Å².